The number of aromatic nitrogens is 1. The Labute approximate surface area is 89.4 Å². The van der Waals surface area contributed by atoms with Gasteiger partial charge in [-0.1, -0.05) is 0 Å². The van der Waals surface area contributed by atoms with Gasteiger partial charge in [0.1, 0.15) is 10.7 Å². The van der Waals surface area contributed by atoms with Gasteiger partial charge in [0.15, 0.2) is 0 Å². The molecule has 1 aromatic rings. The van der Waals surface area contributed by atoms with Crippen LogP contribution in [0, 0.1) is 0 Å². The van der Waals surface area contributed by atoms with Crippen molar-refractivity contribution in [3.63, 3.8) is 0 Å². The van der Waals surface area contributed by atoms with Gasteiger partial charge in [0.05, 0.1) is 18.8 Å². The molecular formula is C9H8BrNO3. The number of hydrogen-bond acceptors (Lipinski definition) is 4. The molecule has 1 aliphatic heterocycles. The molecule has 5 heteroatoms. The summed E-state index contributed by atoms with van der Waals surface area (Å²) in [4.78, 5) is 15.4. The average Bonchev–Trinajstić information content (AvgIpc) is 2.12. The first-order valence-corrected chi connectivity index (χ1v) is 4.95. The van der Waals surface area contributed by atoms with Gasteiger partial charge in [-0.05, 0) is 28.1 Å². The van der Waals surface area contributed by atoms with Crippen LogP contribution in [0.2, 0.25) is 0 Å². The van der Waals surface area contributed by atoms with Gasteiger partial charge in [-0.3, -0.25) is 0 Å². The number of ether oxygens (including phenoxy) is 2. The molecule has 0 aliphatic carbocycles. The number of carbonyl (C=O) groups excluding carboxylic acids is 1. The van der Waals surface area contributed by atoms with Crippen LogP contribution in [0.1, 0.15) is 10.4 Å². The number of nitrogens with zero attached hydrogens (tertiary/aromatic N) is 1. The van der Waals surface area contributed by atoms with Gasteiger partial charge < -0.3 is 9.47 Å². The number of carbonyl (C=O) groups is 1. The summed E-state index contributed by atoms with van der Waals surface area (Å²) in [5.41, 5.74) is 0.458. The third-order valence-electron chi connectivity index (χ3n) is 1.84. The second-order valence-corrected chi connectivity index (χ2v) is 3.75. The van der Waals surface area contributed by atoms with E-state index >= 15 is 0 Å². The van der Waals surface area contributed by atoms with Crippen molar-refractivity contribution in [1.82, 2.24) is 4.98 Å². The molecule has 0 aromatic carbocycles. The van der Waals surface area contributed by atoms with E-state index < -0.39 is 0 Å². The number of halogens is 1. The third kappa shape index (κ3) is 2.10. The van der Waals surface area contributed by atoms with Gasteiger partial charge in [0.25, 0.3) is 0 Å². The predicted molar refractivity (Wildman–Crippen MR) is 52.0 cm³/mol. The molecule has 0 atom stereocenters. The maximum atomic E-state index is 11.4. The molecule has 2 heterocycles. The van der Waals surface area contributed by atoms with Crippen LogP contribution in [-0.2, 0) is 9.47 Å². The summed E-state index contributed by atoms with van der Waals surface area (Å²) in [6.45, 7) is 0.991. The molecule has 1 aromatic heterocycles. The fraction of sp³-hybridized carbons (Fsp3) is 0.333. The zero-order valence-electron chi connectivity index (χ0n) is 7.27. The lowest BCUT2D eigenvalue weighted by Crippen LogP contribution is -2.37. The first-order chi connectivity index (χ1) is 6.75. The van der Waals surface area contributed by atoms with E-state index in [9.17, 15) is 4.79 Å². The Balaban J connectivity index is 1.99. The minimum absolute atomic E-state index is 0.0915. The largest absolute Gasteiger partial charge is 0.454 e. The molecule has 1 saturated heterocycles. The minimum Gasteiger partial charge on any atom is -0.454 e. The van der Waals surface area contributed by atoms with Crippen LogP contribution in [0.4, 0.5) is 0 Å². The summed E-state index contributed by atoms with van der Waals surface area (Å²) in [6.07, 6.45) is 1.39. The lowest BCUT2D eigenvalue weighted by molar-refractivity contribution is -0.103. The Kier molecular flexibility index (Phi) is 2.79. The second kappa shape index (κ2) is 4.06. The Bertz CT molecular complexity index is 334. The molecule has 14 heavy (non-hydrogen) atoms. The van der Waals surface area contributed by atoms with E-state index in [1.54, 1.807) is 12.1 Å². The summed E-state index contributed by atoms with van der Waals surface area (Å²) >= 11 is 3.19. The fourth-order valence-electron chi connectivity index (χ4n) is 0.998. The smallest absolute Gasteiger partial charge is 0.340 e. The molecule has 0 N–H and O–H groups in total. The van der Waals surface area contributed by atoms with Crippen molar-refractivity contribution in [3.8, 4) is 0 Å². The van der Waals surface area contributed by atoms with Crippen molar-refractivity contribution in [2.45, 2.75) is 6.10 Å². The highest BCUT2D eigenvalue weighted by Crippen LogP contribution is 2.11. The Morgan fingerprint density at radius 2 is 2.36 bits per heavy atom. The van der Waals surface area contributed by atoms with E-state index in [4.69, 9.17) is 9.47 Å². The molecule has 1 fully saturated rings. The highest BCUT2D eigenvalue weighted by molar-refractivity contribution is 9.10. The third-order valence-corrected chi connectivity index (χ3v) is 2.31. The second-order valence-electron chi connectivity index (χ2n) is 2.93. The van der Waals surface area contributed by atoms with Crippen LogP contribution < -0.4 is 0 Å². The number of rotatable bonds is 2. The van der Waals surface area contributed by atoms with E-state index in [1.165, 1.54) is 6.20 Å². The fourth-order valence-corrected chi connectivity index (χ4v) is 1.23. The number of hydrogen-bond donors (Lipinski definition) is 0. The van der Waals surface area contributed by atoms with Crippen LogP contribution in [0.3, 0.4) is 0 Å². The monoisotopic (exact) mass is 257 g/mol. The van der Waals surface area contributed by atoms with Crippen LogP contribution in [0.5, 0.6) is 0 Å². The molecule has 0 amide bonds. The first-order valence-electron chi connectivity index (χ1n) is 4.16. The Morgan fingerprint density at radius 1 is 1.57 bits per heavy atom. The van der Waals surface area contributed by atoms with Crippen molar-refractivity contribution in [3.05, 3.63) is 28.5 Å². The summed E-state index contributed by atoms with van der Waals surface area (Å²) in [6, 6.07) is 3.37. The maximum absolute atomic E-state index is 11.4. The van der Waals surface area contributed by atoms with Crippen molar-refractivity contribution in [1.29, 1.82) is 0 Å². The van der Waals surface area contributed by atoms with Gasteiger partial charge in [-0.2, -0.15) is 0 Å². The lowest BCUT2D eigenvalue weighted by atomic mass is 10.3. The normalized spacial score (nSPS) is 16.1. The standard InChI is InChI=1S/C9H8BrNO3/c10-8-2-1-6(3-11-8)9(12)14-7-4-13-5-7/h1-3,7H,4-5H2. The number of pyridine rings is 1. The summed E-state index contributed by atoms with van der Waals surface area (Å²) < 4.78 is 10.7. The van der Waals surface area contributed by atoms with E-state index in [1.807, 2.05) is 0 Å². The molecule has 0 unspecified atom stereocenters. The van der Waals surface area contributed by atoms with Gasteiger partial charge in [0.2, 0.25) is 0 Å². The van der Waals surface area contributed by atoms with E-state index in [-0.39, 0.29) is 12.1 Å². The molecule has 0 bridgehead atoms. The zero-order chi connectivity index (χ0) is 9.97. The minimum atomic E-state index is -0.349. The van der Waals surface area contributed by atoms with E-state index in [2.05, 4.69) is 20.9 Å². The quantitative estimate of drug-likeness (QED) is 0.594. The summed E-state index contributed by atoms with van der Waals surface area (Å²) in [5, 5.41) is 0. The lowest BCUT2D eigenvalue weighted by Gasteiger charge is -2.25. The maximum Gasteiger partial charge on any atom is 0.340 e. The Hall–Kier alpha value is -0.940. The molecule has 1 aliphatic rings. The number of esters is 1. The highest BCUT2D eigenvalue weighted by atomic mass is 79.9. The SMILES string of the molecule is O=C(OC1COC1)c1ccc(Br)nc1. The summed E-state index contributed by atoms with van der Waals surface area (Å²) in [7, 11) is 0. The van der Waals surface area contributed by atoms with Crippen LogP contribution in [-0.4, -0.2) is 30.3 Å². The average molecular weight is 258 g/mol. The van der Waals surface area contributed by atoms with E-state index in [0.29, 0.717) is 23.4 Å². The molecule has 2 rings (SSSR count). The van der Waals surface area contributed by atoms with Crippen molar-refractivity contribution >= 4 is 21.9 Å². The van der Waals surface area contributed by atoms with Gasteiger partial charge in [0, 0.05) is 6.20 Å². The van der Waals surface area contributed by atoms with Gasteiger partial charge >= 0.3 is 5.97 Å². The van der Waals surface area contributed by atoms with Crippen molar-refractivity contribution in [2.75, 3.05) is 13.2 Å². The molecule has 0 saturated carbocycles. The molecule has 0 spiro atoms. The topological polar surface area (TPSA) is 48.4 Å². The molecular weight excluding hydrogens is 250 g/mol. The molecule has 0 radical (unpaired) electrons. The first kappa shape index (κ1) is 9.61. The van der Waals surface area contributed by atoms with Crippen molar-refractivity contribution in [2.24, 2.45) is 0 Å². The van der Waals surface area contributed by atoms with E-state index in [0.717, 1.165) is 0 Å². The Morgan fingerprint density at radius 3 is 2.86 bits per heavy atom. The predicted octanol–water partition coefficient (Wildman–Crippen LogP) is 1.40. The summed E-state index contributed by atoms with van der Waals surface area (Å²) in [5.74, 6) is -0.349. The van der Waals surface area contributed by atoms with Crippen LogP contribution in [0.15, 0.2) is 22.9 Å². The van der Waals surface area contributed by atoms with Crippen LogP contribution in [0.25, 0.3) is 0 Å². The van der Waals surface area contributed by atoms with Gasteiger partial charge in [-0.15, -0.1) is 0 Å². The molecule has 74 valence electrons. The van der Waals surface area contributed by atoms with Crippen LogP contribution >= 0.6 is 15.9 Å². The van der Waals surface area contributed by atoms with Gasteiger partial charge in [-0.25, -0.2) is 9.78 Å². The highest BCUT2D eigenvalue weighted by Gasteiger charge is 2.23. The van der Waals surface area contributed by atoms with Crippen molar-refractivity contribution < 1.29 is 14.3 Å². The molecule has 4 nitrogen and oxygen atoms in total. The zero-order valence-corrected chi connectivity index (χ0v) is 8.86.